The van der Waals surface area contributed by atoms with Crippen molar-refractivity contribution in [3.05, 3.63) is 47.8 Å². The Bertz CT molecular complexity index is 704. The molecule has 0 saturated heterocycles. The van der Waals surface area contributed by atoms with Crippen molar-refractivity contribution in [2.75, 3.05) is 6.54 Å². The van der Waals surface area contributed by atoms with Crippen molar-refractivity contribution in [3.8, 4) is 5.69 Å². The van der Waals surface area contributed by atoms with Gasteiger partial charge in [0.2, 0.25) is 5.91 Å². The highest BCUT2D eigenvalue weighted by Gasteiger charge is 2.29. The number of hydrogen-bond donors (Lipinski definition) is 1. The zero-order valence-electron chi connectivity index (χ0n) is 12.0. The van der Waals surface area contributed by atoms with Gasteiger partial charge >= 0.3 is 0 Å². The molecule has 1 aliphatic heterocycles. The van der Waals surface area contributed by atoms with Gasteiger partial charge in [-0.1, -0.05) is 18.2 Å². The van der Waals surface area contributed by atoms with E-state index in [9.17, 15) is 4.79 Å². The van der Waals surface area contributed by atoms with Crippen LogP contribution in [0.25, 0.3) is 5.69 Å². The highest BCUT2D eigenvalue weighted by molar-refractivity contribution is 6.08. The van der Waals surface area contributed by atoms with Gasteiger partial charge in [-0.2, -0.15) is 5.10 Å². The van der Waals surface area contributed by atoms with Gasteiger partial charge in [0.15, 0.2) is 5.84 Å². The number of carbonyl (C=O) groups is 1. The number of nitrogens with zero attached hydrogens (tertiary/aromatic N) is 4. The second kappa shape index (κ2) is 5.14. The Morgan fingerprint density at radius 2 is 2.05 bits per heavy atom. The summed E-state index contributed by atoms with van der Waals surface area (Å²) in [7, 11) is 0. The number of benzene rings is 1. The van der Waals surface area contributed by atoms with E-state index in [2.05, 4.69) is 10.1 Å². The fourth-order valence-electron chi connectivity index (χ4n) is 2.45. The molecule has 2 aromatic rings. The molecule has 6 nitrogen and oxygen atoms in total. The molecule has 108 valence electrons. The van der Waals surface area contributed by atoms with E-state index in [1.54, 1.807) is 9.58 Å². The smallest absolute Gasteiger partial charge is 0.225 e. The van der Waals surface area contributed by atoms with E-state index >= 15 is 0 Å². The summed E-state index contributed by atoms with van der Waals surface area (Å²) in [6.45, 7) is 3.84. The Labute approximate surface area is 122 Å². The lowest BCUT2D eigenvalue weighted by atomic mass is 10.3. The number of aromatic nitrogens is 2. The van der Waals surface area contributed by atoms with Gasteiger partial charge in [0.25, 0.3) is 0 Å². The Balaban J connectivity index is 2.11. The van der Waals surface area contributed by atoms with Gasteiger partial charge in [0.05, 0.1) is 17.9 Å². The van der Waals surface area contributed by atoms with E-state index in [0.717, 1.165) is 17.1 Å². The SMILES string of the molecule is CC(=O)N1CC(N)N=C1c1cc(C)nn1-c1ccccc1. The first-order chi connectivity index (χ1) is 10.1. The average Bonchev–Trinajstić information content (AvgIpc) is 3.03. The van der Waals surface area contributed by atoms with Crippen molar-refractivity contribution < 1.29 is 4.79 Å². The molecule has 0 aliphatic carbocycles. The van der Waals surface area contributed by atoms with E-state index in [1.807, 2.05) is 43.3 Å². The van der Waals surface area contributed by atoms with Crippen LogP contribution in [0, 0.1) is 6.92 Å². The molecule has 1 amide bonds. The zero-order chi connectivity index (χ0) is 15.0. The first-order valence-electron chi connectivity index (χ1n) is 6.80. The van der Waals surface area contributed by atoms with Crippen LogP contribution in [-0.4, -0.2) is 39.1 Å². The van der Waals surface area contributed by atoms with Crippen LogP contribution in [0.4, 0.5) is 0 Å². The predicted molar refractivity (Wildman–Crippen MR) is 80.2 cm³/mol. The van der Waals surface area contributed by atoms with Crippen LogP contribution in [0.15, 0.2) is 41.4 Å². The molecule has 2 N–H and O–H groups in total. The third-order valence-electron chi connectivity index (χ3n) is 3.35. The summed E-state index contributed by atoms with van der Waals surface area (Å²) in [5.74, 6) is 0.514. The van der Waals surface area contributed by atoms with Gasteiger partial charge in [-0.25, -0.2) is 9.67 Å². The van der Waals surface area contributed by atoms with Crippen LogP contribution in [0.2, 0.25) is 0 Å². The van der Waals surface area contributed by atoms with Crippen molar-refractivity contribution in [1.82, 2.24) is 14.7 Å². The first-order valence-corrected chi connectivity index (χ1v) is 6.80. The van der Waals surface area contributed by atoms with E-state index in [4.69, 9.17) is 5.73 Å². The van der Waals surface area contributed by atoms with Gasteiger partial charge in [0.1, 0.15) is 11.9 Å². The molecular formula is C15H17N5O. The minimum atomic E-state index is -0.386. The van der Waals surface area contributed by atoms with Crippen LogP contribution in [-0.2, 0) is 4.79 Å². The van der Waals surface area contributed by atoms with Crippen LogP contribution in [0.5, 0.6) is 0 Å². The van der Waals surface area contributed by atoms with Crippen molar-refractivity contribution in [3.63, 3.8) is 0 Å². The number of amidine groups is 1. The van der Waals surface area contributed by atoms with E-state index < -0.39 is 0 Å². The fraction of sp³-hybridized carbons (Fsp3) is 0.267. The second-order valence-corrected chi connectivity index (χ2v) is 5.07. The molecule has 0 radical (unpaired) electrons. The number of amides is 1. The molecule has 1 aromatic carbocycles. The molecule has 0 saturated carbocycles. The number of hydrogen-bond acceptors (Lipinski definition) is 4. The van der Waals surface area contributed by atoms with E-state index in [0.29, 0.717) is 12.4 Å². The van der Waals surface area contributed by atoms with Crippen molar-refractivity contribution in [2.45, 2.75) is 20.0 Å². The molecule has 6 heteroatoms. The number of aryl methyl sites for hydroxylation is 1. The van der Waals surface area contributed by atoms with Crippen LogP contribution in [0.3, 0.4) is 0 Å². The van der Waals surface area contributed by atoms with Crippen LogP contribution >= 0.6 is 0 Å². The molecule has 0 fully saturated rings. The number of para-hydroxylation sites is 1. The van der Waals surface area contributed by atoms with Crippen LogP contribution < -0.4 is 5.73 Å². The minimum absolute atomic E-state index is 0.0693. The van der Waals surface area contributed by atoms with Crippen LogP contribution in [0.1, 0.15) is 18.3 Å². The van der Waals surface area contributed by atoms with Crippen molar-refractivity contribution in [1.29, 1.82) is 0 Å². The van der Waals surface area contributed by atoms with Gasteiger partial charge < -0.3 is 5.73 Å². The molecular weight excluding hydrogens is 266 g/mol. The average molecular weight is 283 g/mol. The lowest BCUT2D eigenvalue weighted by molar-refractivity contribution is -0.124. The second-order valence-electron chi connectivity index (χ2n) is 5.07. The molecule has 0 spiro atoms. The van der Waals surface area contributed by atoms with E-state index in [1.165, 1.54) is 6.92 Å². The minimum Gasteiger partial charge on any atom is -0.308 e. The van der Waals surface area contributed by atoms with Gasteiger partial charge in [0, 0.05) is 6.92 Å². The third kappa shape index (κ3) is 2.45. The summed E-state index contributed by atoms with van der Waals surface area (Å²) < 4.78 is 1.79. The van der Waals surface area contributed by atoms with Crippen molar-refractivity contribution in [2.24, 2.45) is 10.7 Å². The van der Waals surface area contributed by atoms with E-state index in [-0.39, 0.29) is 12.1 Å². The maximum atomic E-state index is 11.8. The molecule has 1 atom stereocenters. The Hall–Kier alpha value is -2.47. The number of nitrogens with two attached hydrogens (primary N) is 1. The summed E-state index contributed by atoms with van der Waals surface area (Å²) in [4.78, 5) is 17.8. The third-order valence-corrected chi connectivity index (χ3v) is 3.35. The first kappa shape index (κ1) is 13.5. The molecule has 21 heavy (non-hydrogen) atoms. The Morgan fingerprint density at radius 3 is 2.71 bits per heavy atom. The van der Waals surface area contributed by atoms with Crippen molar-refractivity contribution >= 4 is 11.7 Å². The number of carbonyl (C=O) groups excluding carboxylic acids is 1. The highest BCUT2D eigenvalue weighted by atomic mass is 16.2. The van der Waals surface area contributed by atoms with Gasteiger partial charge in [-0.05, 0) is 25.1 Å². The van der Waals surface area contributed by atoms with Gasteiger partial charge in [-0.3, -0.25) is 9.69 Å². The zero-order valence-corrected chi connectivity index (χ0v) is 12.0. The lowest BCUT2D eigenvalue weighted by Gasteiger charge is -2.17. The summed E-state index contributed by atoms with van der Waals surface area (Å²) in [5, 5.41) is 4.50. The topological polar surface area (TPSA) is 76.5 Å². The number of rotatable bonds is 2. The molecule has 2 heterocycles. The molecule has 1 aliphatic rings. The predicted octanol–water partition coefficient (Wildman–Crippen LogP) is 1.07. The largest absolute Gasteiger partial charge is 0.308 e. The number of aliphatic imine (C=N–C) groups is 1. The maximum absolute atomic E-state index is 11.8. The Morgan fingerprint density at radius 1 is 1.33 bits per heavy atom. The highest BCUT2D eigenvalue weighted by Crippen LogP contribution is 2.18. The quantitative estimate of drug-likeness (QED) is 0.895. The normalized spacial score (nSPS) is 18.0. The summed E-state index contributed by atoms with van der Waals surface area (Å²) in [5.41, 5.74) is 8.44. The Kier molecular flexibility index (Phi) is 3.31. The standard InChI is InChI=1S/C15H17N5O/c1-10-8-13(15-17-14(16)9-19(15)11(2)21)20(18-10)12-6-4-3-5-7-12/h3-8,14H,9,16H2,1-2H3. The maximum Gasteiger partial charge on any atom is 0.225 e. The molecule has 1 aromatic heterocycles. The molecule has 0 bridgehead atoms. The molecule has 1 unspecified atom stereocenters. The summed E-state index contributed by atoms with van der Waals surface area (Å²) >= 11 is 0. The lowest BCUT2D eigenvalue weighted by Crippen LogP contribution is -2.36. The monoisotopic (exact) mass is 283 g/mol. The summed E-state index contributed by atoms with van der Waals surface area (Å²) in [6, 6.07) is 11.7. The molecule has 3 rings (SSSR count). The fourth-order valence-corrected chi connectivity index (χ4v) is 2.45. The van der Waals surface area contributed by atoms with Gasteiger partial charge in [-0.15, -0.1) is 0 Å². The summed E-state index contributed by atoms with van der Waals surface area (Å²) in [6.07, 6.45) is -0.386.